The SMILES string of the molecule is CC(C)CCc1nc(N)c2nc[nH]c2n1. The van der Waals surface area contributed by atoms with Gasteiger partial charge in [-0.15, -0.1) is 0 Å². The number of fused-ring (bicyclic) bond motifs is 1. The molecule has 2 aromatic heterocycles. The molecule has 5 heteroatoms. The standard InChI is InChI=1S/C10H15N5/c1-6(2)3-4-7-14-9(11)8-10(15-7)13-5-12-8/h5-6H,3-4H2,1-2H3,(H3,11,12,13,14,15). The Bertz CT molecular complexity index is 460. The number of rotatable bonds is 3. The van der Waals surface area contributed by atoms with Crippen LogP contribution >= 0.6 is 0 Å². The molecule has 2 rings (SSSR count). The highest BCUT2D eigenvalue weighted by Crippen LogP contribution is 2.14. The summed E-state index contributed by atoms with van der Waals surface area (Å²) in [5, 5.41) is 0. The van der Waals surface area contributed by atoms with Crippen molar-refractivity contribution in [2.24, 2.45) is 5.92 Å². The van der Waals surface area contributed by atoms with Gasteiger partial charge in [-0.25, -0.2) is 15.0 Å². The Hall–Kier alpha value is -1.65. The summed E-state index contributed by atoms with van der Waals surface area (Å²) in [7, 11) is 0. The molecule has 0 unspecified atom stereocenters. The van der Waals surface area contributed by atoms with E-state index < -0.39 is 0 Å². The summed E-state index contributed by atoms with van der Waals surface area (Å²) in [6, 6.07) is 0. The molecule has 0 radical (unpaired) electrons. The quantitative estimate of drug-likeness (QED) is 0.796. The van der Waals surface area contributed by atoms with E-state index in [0.29, 0.717) is 17.3 Å². The van der Waals surface area contributed by atoms with Gasteiger partial charge < -0.3 is 10.7 Å². The van der Waals surface area contributed by atoms with Gasteiger partial charge in [0.1, 0.15) is 11.3 Å². The minimum Gasteiger partial charge on any atom is -0.382 e. The number of nitrogens with zero attached hydrogens (tertiary/aromatic N) is 3. The van der Waals surface area contributed by atoms with Crippen molar-refractivity contribution >= 4 is 17.0 Å². The molecule has 0 aliphatic heterocycles. The molecule has 5 nitrogen and oxygen atoms in total. The molecule has 2 aromatic rings. The molecule has 0 aliphatic rings. The Morgan fingerprint density at radius 3 is 2.93 bits per heavy atom. The van der Waals surface area contributed by atoms with Gasteiger partial charge in [-0.2, -0.15) is 0 Å². The van der Waals surface area contributed by atoms with Crippen molar-refractivity contribution in [1.82, 2.24) is 19.9 Å². The third-order valence-corrected chi connectivity index (χ3v) is 2.30. The molecule has 0 aliphatic carbocycles. The largest absolute Gasteiger partial charge is 0.382 e. The van der Waals surface area contributed by atoms with Crippen molar-refractivity contribution in [3.63, 3.8) is 0 Å². The Morgan fingerprint density at radius 2 is 2.20 bits per heavy atom. The zero-order valence-corrected chi connectivity index (χ0v) is 8.99. The molecule has 0 atom stereocenters. The Balaban J connectivity index is 2.28. The topological polar surface area (TPSA) is 80.5 Å². The lowest BCUT2D eigenvalue weighted by molar-refractivity contribution is 0.576. The maximum absolute atomic E-state index is 5.77. The van der Waals surface area contributed by atoms with Crippen LogP contribution < -0.4 is 5.73 Å². The van der Waals surface area contributed by atoms with Crippen molar-refractivity contribution in [2.75, 3.05) is 5.73 Å². The van der Waals surface area contributed by atoms with E-state index >= 15 is 0 Å². The maximum atomic E-state index is 5.77. The molecule has 3 N–H and O–H groups in total. The van der Waals surface area contributed by atoms with Crippen LogP contribution in [-0.2, 0) is 6.42 Å². The summed E-state index contributed by atoms with van der Waals surface area (Å²) in [6.07, 6.45) is 3.51. The maximum Gasteiger partial charge on any atom is 0.163 e. The zero-order valence-electron chi connectivity index (χ0n) is 8.99. The second-order valence-electron chi connectivity index (χ2n) is 4.06. The van der Waals surface area contributed by atoms with Crippen LogP contribution in [0, 0.1) is 5.92 Å². The van der Waals surface area contributed by atoms with Gasteiger partial charge in [0.25, 0.3) is 0 Å². The Labute approximate surface area is 88.1 Å². The fourth-order valence-electron chi connectivity index (χ4n) is 1.44. The first-order valence-electron chi connectivity index (χ1n) is 5.12. The van der Waals surface area contributed by atoms with Gasteiger partial charge in [-0.1, -0.05) is 13.8 Å². The van der Waals surface area contributed by atoms with Crippen molar-refractivity contribution in [2.45, 2.75) is 26.7 Å². The number of nitrogens with two attached hydrogens (primary N) is 1. The van der Waals surface area contributed by atoms with Crippen LogP contribution in [0.2, 0.25) is 0 Å². The van der Waals surface area contributed by atoms with E-state index in [4.69, 9.17) is 5.73 Å². The van der Waals surface area contributed by atoms with Crippen LogP contribution in [0.4, 0.5) is 5.82 Å². The van der Waals surface area contributed by atoms with E-state index in [1.807, 2.05) is 0 Å². The van der Waals surface area contributed by atoms with Crippen molar-refractivity contribution < 1.29 is 0 Å². The van der Waals surface area contributed by atoms with E-state index in [9.17, 15) is 0 Å². The second kappa shape index (κ2) is 3.84. The number of H-pyrrole nitrogens is 1. The number of hydrogen-bond acceptors (Lipinski definition) is 4. The number of aromatic amines is 1. The Morgan fingerprint density at radius 1 is 1.40 bits per heavy atom. The lowest BCUT2D eigenvalue weighted by Crippen LogP contribution is -2.02. The first-order chi connectivity index (χ1) is 7.16. The van der Waals surface area contributed by atoms with Crippen LogP contribution in [0.15, 0.2) is 6.33 Å². The number of imidazole rings is 1. The smallest absolute Gasteiger partial charge is 0.163 e. The van der Waals surface area contributed by atoms with Crippen LogP contribution in [0.1, 0.15) is 26.1 Å². The number of aromatic nitrogens is 4. The highest BCUT2D eigenvalue weighted by molar-refractivity contribution is 5.80. The molecule has 0 amide bonds. The van der Waals surface area contributed by atoms with Gasteiger partial charge in [0.05, 0.1) is 6.33 Å². The fraction of sp³-hybridized carbons (Fsp3) is 0.500. The summed E-state index contributed by atoms with van der Waals surface area (Å²) in [5.74, 6) is 1.89. The number of anilines is 1. The van der Waals surface area contributed by atoms with E-state index in [0.717, 1.165) is 24.3 Å². The van der Waals surface area contributed by atoms with Crippen LogP contribution in [0.3, 0.4) is 0 Å². The first kappa shape index (κ1) is 9.89. The van der Waals surface area contributed by atoms with Gasteiger partial charge in [0.15, 0.2) is 11.5 Å². The lowest BCUT2D eigenvalue weighted by Gasteiger charge is -2.04. The molecule has 0 spiro atoms. The summed E-state index contributed by atoms with van der Waals surface area (Å²) in [6.45, 7) is 4.36. The molecule has 0 fully saturated rings. The fourth-order valence-corrected chi connectivity index (χ4v) is 1.44. The van der Waals surface area contributed by atoms with E-state index in [1.54, 1.807) is 6.33 Å². The molecule has 0 bridgehead atoms. The predicted molar refractivity (Wildman–Crippen MR) is 59.3 cm³/mol. The zero-order chi connectivity index (χ0) is 10.8. The van der Waals surface area contributed by atoms with E-state index in [1.165, 1.54) is 0 Å². The minimum absolute atomic E-state index is 0.458. The third kappa shape index (κ3) is 2.06. The monoisotopic (exact) mass is 205 g/mol. The van der Waals surface area contributed by atoms with Crippen molar-refractivity contribution in [3.8, 4) is 0 Å². The van der Waals surface area contributed by atoms with Gasteiger partial charge >= 0.3 is 0 Å². The molecule has 15 heavy (non-hydrogen) atoms. The van der Waals surface area contributed by atoms with Crippen molar-refractivity contribution in [1.29, 1.82) is 0 Å². The average molecular weight is 205 g/mol. The molecule has 0 aromatic carbocycles. The predicted octanol–water partition coefficient (Wildman–Crippen LogP) is 1.52. The average Bonchev–Trinajstić information content (AvgIpc) is 2.63. The Kier molecular flexibility index (Phi) is 2.53. The lowest BCUT2D eigenvalue weighted by atomic mass is 10.1. The first-order valence-corrected chi connectivity index (χ1v) is 5.12. The van der Waals surface area contributed by atoms with E-state index in [-0.39, 0.29) is 0 Å². The molecule has 80 valence electrons. The number of nitrogen functional groups attached to an aromatic ring is 1. The number of nitrogens with one attached hydrogen (secondary N) is 1. The summed E-state index contributed by atoms with van der Waals surface area (Å²) < 4.78 is 0. The molecular weight excluding hydrogens is 190 g/mol. The summed E-state index contributed by atoms with van der Waals surface area (Å²) in [5.41, 5.74) is 7.15. The third-order valence-electron chi connectivity index (χ3n) is 2.30. The highest BCUT2D eigenvalue weighted by Gasteiger charge is 2.07. The second-order valence-corrected chi connectivity index (χ2v) is 4.06. The van der Waals surface area contributed by atoms with Gasteiger partial charge in [-0.3, -0.25) is 0 Å². The molecule has 2 heterocycles. The van der Waals surface area contributed by atoms with Crippen LogP contribution in [0.5, 0.6) is 0 Å². The van der Waals surface area contributed by atoms with Gasteiger partial charge in [-0.05, 0) is 12.3 Å². The van der Waals surface area contributed by atoms with Gasteiger partial charge in [0.2, 0.25) is 0 Å². The summed E-state index contributed by atoms with van der Waals surface area (Å²) >= 11 is 0. The molecular formula is C10H15N5. The van der Waals surface area contributed by atoms with Gasteiger partial charge in [0, 0.05) is 6.42 Å². The van der Waals surface area contributed by atoms with E-state index in [2.05, 4.69) is 33.8 Å². The van der Waals surface area contributed by atoms with Crippen molar-refractivity contribution in [3.05, 3.63) is 12.2 Å². The number of aryl methyl sites for hydroxylation is 1. The number of hydrogen-bond donors (Lipinski definition) is 2. The van der Waals surface area contributed by atoms with Crippen LogP contribution in [-0.4, -0.2) is 19.9 Å². The minimum atomic E-state index is 0.458. The normalized spacial score (nSPS) is 11.4. The summed E-state index contributed by atoms with van der Waals surface area (Å²) in [4.78, 5) is 15.6. The van der Waals surface area contributed by atoms with Crippen LogP contribution in [0.25, 0.3) is 11.2 Å². The molecule has 0 saturated heterocycles. The molecule has 0 saturated carbocycles. The highest BCUT2D eigenvalue weighted by atomic mass is 15.0.